The number of hydrogen-bond donors (Lipinski definition) is 3. The largest absolute Gasteiger partial charge is 0.505 e. The van der Waals surface area contributed by atoms with Crippen LogP contribution >= 0.6 is 0 Å². The summed E-state index contributed by atoms with van der Waals surface area (Å²) in [5.41, 5.74) is 4.60. The molecule has 0 aliphatic carbocycles. The van der Waals surface area contributed by atoms with Crippen LogP contribution in [0.25, 0.3) is 0 Å². The summed E-state index contributed by atoms with van der Waals surface area (Å²) in [5, 5.41) is 29.2. The fourth-order valence-electron chi connectivity index (χ4n) is 2.20. The molecule has 3 nitrogen and oxygen atoms in total. The molecule has 0 bridgehead atoms. The maximum Gasteiger partial charge on any atom is 0.165 e. The van der Waals surface area contributed by atoms with Crippen molar-refractivity contribution in [3.05, 3.63) is 47.0 Å². The van der Waals surface area contributed by atoms with Crippen molar-refractivity contribution in [2.75, 3.05) is 0 Å². The molecule has 0 aliphatic rings. The van der Waals surface area contributed by atoms with Crippen LogP contribution < -0.4 is 0 Å². The zero-order valence-corrected chi connectivity index (χ0v) is 14.1. The van der Waals surface area contributed by atoms with Crippen molar-refractivity contribution in [2.24, 2.45) is 5.92 Å². The maximum atomic E-state index is 13.3. The molecule has 1 aromatic rings. The van der Waals surface area contributed by atoms with Crippen molar-refractivity contribution in [3.8, 4) is 5.75 Å². The molecule has 0 saturated carbocycles. The van der Waals surface area contributed by atoms with Crippen LogP contribution in [0.1, 0.15) is 58.1 Å². The third kappa shape index (κ3) is 6.57. The van der Waals surface area contributed by atoms with Crippen molar-refractivity contribution in [3.63, 3.8) is 0 Å². The summed E-state index contributed by atoms with van der Waals surface area (Å²) in [5.74, 6) is -0.980. The van der Waals surface area contributed by atoms with Gasteiger partial charge in [-0.25, -0.2) is 4.39 Å². The molecule has 1 aromatic carbocycles. The van der Waals surface area contributed by atoms with E-state index < -0.39 is 23.8 Å². The molecular formula is C19H27FO3. The highest BCUT2D eigenvalue weighted by atomic mass is 19.1. The molecular weight excluding hydrogens is 295 g/mol. The lowest BCUT2D eigenvalue weighted by Crippen LogP contribution is -2.15. The van der Waals surface area contributed by atoms with Crippen LogP contribution in [0.4, 0.5) is 4.39 Å². The summed E-state index contributed by atoms with van der Waals surface area (Å²) < 4.78 is 13.3. The fourth-order valence-corrected chi connectivity index (χ4v) is 2.20. The van der Waals surface area contributed by atoms with Gasteiger partial charge in [0.15, 0.2) is 11.6 Å². The first-order chi connectivity index (χ1) is 10.8. The Morgan fingerprint density at radius 2 is 2.00 bits per heavy atom. The van der Waals surface area contributed by atoms with Crippen LogP contribution in [0.3, 0.4) is 0 Å². The molecule has 3 N–H and O–H groups in total. The highest BCUT2D eigenvalue weighted by Gasteiger charge is 2.12. The molecule has 0 radical (unpaired) electrons. The first-order valence-corrected chi connectivity index (χ1v) is 8.12. The van der Waals surface area contributed by atoms with Crippen LogP contribution in [0, 0.1) is 11.7 Å². The minimum absolute atomic E-state index is 0.189. The van der Waals surface area contributed by atoms with Gasteiger partial charge in [-0.15, -0.1) is 5.73 Å². The molecule has 0 unspecified atom stereocenters. The highest BCUT2D eigenvalue weighted by molar-refractivity contribution is 5.29. The lowest BCUT2D eigenvalue weighted by molar-refractivity contribution is 0.125. The average Bonchev–Trinajstić information content (AvgIpc) is 2.49. The summed E-state index contributed by atoms with van der Waals surface area (Å²) in [4.78, 5) is 0. The Balaban J connectivity index is 2.76. The van der Waals surface area contributed by atoms with E-state index in [1.54, 1.807) is 6.08 Å². The minimum atomic E-state index is -0.851. The van der Waals surface area contributed by atoms with E-state index >= 15 is 0 Å². The summed E-state index contributed by atoms with van der Waals surface area (Å²) in [7, 11) is 0. The number of benzene rings is 1. The normalized spacial score (nSPS) is 13.5. The number of rotatable bonds is 8. The van der Waals surface area contributed by atoms with Crippen LogP contribution in [-0.2, 0) is 0 Å². The van der Waals surface area contributed by atoms with E-state index in [9.17, 15) is 14.6 Å². The summed E-state index contributed by atoms with van der Waals surface area (Å²) >= 11 is 0. The number of aliphatic hydroxyl groups excluding tert-OH is 2. The van der Waals surface area contributed by atoms with Crippen molar-refractivity contribution in [1.29, 1.82) is 0 Å². The molecule has 128 valence electrons. The fraction of sp³-hybridized carbons (Fsp3) is 0.526. The van der Waals surface area contributed by atoms with Gasteiger partial charge in [0.1, 0.15) is 0 Å². The number of phenols is 1. The van der Waals surface area contributed by atoms with Crippen LogP contribution in [-0.4, -0.2) is 21.4 Å². The summed E-state index contributed by atoms with van der Waals surface area (Å²) in [6, 6.07) is 3.86. The number of halogens is 1. The third-order valence-corrected chi connectivity index (χ3v) is 3.78. The van der Waals surface area contributed by atoms with E-state index in [0.717, 1.165) is 24.5 Å². The Kier molecular flexibility index (Phi) is 8.04. The first kappa shape index (κ1) is 19.4. The van der Waals surface area contributed by atoms with Gasteiger partial charge in [0, 0.05) is 12.8 Å². The van der Waals surface area contributed by atoms with E-state index in [0.29, 0.717) is 18.4 Å². The van der Waals surface area contributed by atoms with E-state index in [1.807, 2.05) is 13.8 Å². The van der Waals surface area contributed by atoms with Gasteiger partial charge in [-0.05, 0) is 41.7 Å². The minimum Gasteiger partial charge on any atom is -0.505 e. The Bertz CT molecular complexity index is 560. The van der Waals surface area contributed by atoms with Gasteiger partial charge in [-0.2, -0.15) is 0 Å². The number of phenolic OH excluding ortho intramolecular Hbond substituents is 1. The number of hydrogen-bond acceptors (Lipinski definition) is 3. The third-order valence-electron chi connectivity index (χ3n) is 3.78. The van der Waals surface area contributed by atoms with Crippen LogP contribution in [0.2, 0.25) is 0 Å². The van der Waals surface area contributed by atoms with E-state index in [2.05, 4.69) is 12.7 Å². The van der Waals surface area contributed by atoms with Gasteiger partial charge in [0.2, 0.25) is 0 Å². The zero-order chi connectivity index (χ0) is 17.4. The molecule has 0 spiro atoms. The quantitative estimate of drug-likeness (QED) is 0.627. The lowest BCUT2D eigenvalue weighted by Gasteiger charge is -2.15. The predicted octanol–water partition coefficient (Wildman–Crippen LogP) is 4.24. The van der Waals surface area contributed by atoms with Gasteiger partial charge in [0.25, 0.3) is 0 Å². The second-order valence-corrected chi connectivity index (χ2v) is 6.18. The predicted molar refractivity (Wildman–Crippen MR) is 89.6 cm³/mol. The molecule has 0 aromatic heterocycles. The lowest BCUT2D eigenvalue weighted by atomic mass is 9.97. The van der Waals surface area contributed by atoms with Crippen molar-refractivity contribution in [1.82, 2.24) is 0 Å². The average molecular weight is 322 g/mol. The van der Waals surface area contributed by atoms with Crippen LogP contribution in [0.5, 0.6) is 5.75 Å². The Morgan fingerprint density at radius 1 is 1.30 bits per heavy atom. The molecule has 0 aliphatic heterocycles. The molecule has 0 heterocycles. The first-order valence-electron chi connectivity index (χ1n) is 8.12. The van der Waals surface area contributed by atoms with Crippen molar-refractivity contribution >= 4 is 0 Å². The van der Waals surface area contributed by atoms with Crippen molar-refractivity contribution < 1.29 is 19.7 Å². The molecule has 4 heteroatoms. The summed E-state index contributed by atoms with van der Waals surface area (Å²) in [6.45, 7) is 6.01. The maximum absolute atomic E-state index is 13.3. The molecule has 23 heavy (non-hydrogen) atoms. The molecule has 0 saturated heterocycles. The van der Waals surface area contributed by atoms with Gasteiger partial charge in [0.05, 0.1) is 12.2 Å². The summed E-state index contributed by atoms with van der Waals surface area (Å²) in [6.07, 6.45) is 3.18. The second kappa shape index (κ2) is 9.51. The number of aliphatic hydroxyl groups is 2. The van der Waals surface area contributed by atoms with Gasteiger partial charge >= 0.3 is 0 Å². The van der Waals surface area contributed by atoms with Gasteiger partial charge in [-0.3, -0.25) is 0 Å². The monoisotopic (exact) mass is 322 g/mol. The Hall–Kier alpha value is -1.61. The van der Waals surface area contributed by atoms with E-state index in [-0.39, 0.29) is 5.92 Å². The Labute approximate surface area is 137 Å². The molecule has 2 atom stereocenters. The number of aromatic hydroxyl groups is 1. The van der Waals surface area contributed by atoms with E-state index in [1.165, 1.54) is 12.1 Å². The smallest absolute Gasteiger partial charge is 0.165 e. The van der Waals surface area contributed by atoms with E-state index in [4.69, 9.17) is 5.11 Å². The van der Waals surface area contributed by atoms with Gasteiger partial charge in [-0.1, -0.05) is 33.3 Å². The van der Waals surface area contributed by atoms with Crippen LogP contribution in [0.15, 0.2) is 35.6 Å². The van der Waals surface area contributed by atoms with Crippen molar-refractivity contribution in [2.45, 2.75) is 58.7 Å². The zero-order valence-electron chi connectivity index (χ0n) is 14.1. The molecule has 1 rings (SSSR count). The van der Waals surface area contributed by atoms with Gasteiger partial charge < -0.3 is 15.3 Å². The Morgan fingerprint density at radius 3 is 2.57 bits per heavy atom. The standard InChI is InChI=1S/C19H27FO3/c1-4-6-14(11-19(23)13(2)3)7-5-8-17(21)15-9-10-18(22)16(20)12-15/h5,9-10,12-13,17,19,21-23H,4,6,8,11H2,1-3H3/t7?,17-,19-/m1/s1. The molecule has 0 amide bonds. The highest BCUT2D eigenvalue weighted by Crippen LogP contribution is 2.23. The SMILES string of the molecule is CCCC(=C=CC[C@@H](O)c1ccc(O)c(F)c1)C[C@@H](O)C(C)C. The molecule has 0 fully saturated rings. The topological polar surface area (TPSA) is 60.7 Å². The second-order valence-electron chi connectivity index (χ2n) is 6.18.